The molecule has 8 heteroatoms. The van der Waals surface area contributed by atoms with Crippen LogP contribution in [0.1, 0.15) is 22.4 Å². The summed E-state index contributed by atoms with van der Waals surface area (Å²) in [4.78, 5) is 14.6. The number of alkyl halides is 3. The van der Waals surface area contributed by atoms with Crippen molar-refractivity contribution in [3.05, 3.63) is 81.3 Å². The molecule has 26 heavy (non-hydrogen) atoms. The first-order valence-electron chi connectivity index (χ1n) is 7.77. The van der Waals surface area contributed by atoms with Gasteiger partial charge in [-0.1, -0.05) is 35.9 Å². The lowest BCUT2D eigenvalue weighted by molar-refractivity contribution is -0.137. The number of hydrogen-bond acceptors (Lipinski definition) is 4. The van der Waals surface area contributed by atoms with Crippen molar-refractivity contribution in [2.45, 2.75) is 19.5 Å². The Kier molecular flexibility index (Phi) is 4.75. The van der Waals surface area contributed by atoms with Crippen molar-refractivity contribution in [2.24, 2.45) is 0 Å². The zero-order valence-corrected chi connectivity index (χ0v) is 13.8. The van der Waals surface area contributed by atoms with Gasteiger partial charge in [0.25, 0.3) is 5.56 Å². The molecule has 0 saturated heterocycles. The van der Waals surface area contributed by atoms with E-state index in [0.29, 0.717) is 6.42 Å². The second-order valence-corrected chi connectivity index (χ2v) is 5.82. The van der Waals surface area contributed by atoms with Gasteiger partial charge in [0.1, 0.15) is 5.69 Å². The molecule has 3 aromatic rings. The Labute approximate surface area is 146 Å². The van der Waals surface area contributed by atoms with Crippen LogP contribution in [0, 0.1) is 6.92 Å². The van der Waals surface area contributed by atoms with Gasteiger partial charge < -0.3 is 5.32 Å². The predicted octanol–water partition coefficient (Wildman–Crippen LogP) is 3.83. The molecule has 0 atom stereocenters. The van der Waals surface area contributed by atoms with Crippen molar-refractivity contribution in [3.63, 3.8) is 0 Å². The van der Waals surface area contributed by atoms with E-state index in [1.54, 1.807) is 0 Å². The Morgan fingerprint density at radius 2 is 1.81 bits per heavy atom. The molecule has 1 aromatic heterocycles. The second-order valence-electron chi connectivity index (χ2n) is 5.82. The monoisotopic (exact) mass is 360 g/mol. The van der Waals surface area contributed by atoms with E-state index in [-0.39, 0.29) is 17.3 Å². The Bertz CT molecular complexity index is 965. The molecule has 5 nitrogen and oxygen atoms in total. The summed E-state index contributed by atoms with van der Waals surface area (Å²) in [7, 11) is 0. The van der Waals surface area contributed by atoms with Gasteiger partial charge >= 0.3 is 6.18 Å². The fourth-order valence-electron chi connectivity index (χ4n) is 2.34. The van der Waals surface area contributed by atoms with Gasteiger partial charge in [-0.15, -0.1) is 10.2 Å². The van der Waals surface area contributed by atoms with E-state index in [1.165, 1.54) is 12.1 Å². The normalized spacial score (nSPS) is 11.4. The molecule has 134 valence electrons. The number of benzene rings is 2. The Balaban J connectivity index is 1.78. The van der Waals surface area contributed by atoms with Gasteiger partial charge in [0.2, 0.25) is 5.95 Å². The largest absolute Gasteiger partial charge is 0.416 e. The number of aryl methyl sites for hydroxylation is 1. The van der Waals surface area contributed by atoms with Crippen molar-refractivity contribution < 1.29 is 13.2 Å². The highest BCUT2D eigenvalue weighted by atomic mass is 19.4. The number of rotatable bonds is 4. The Morgan fingerprint density at radius 1 is 1.08 bits per heavy atom. The van der Waals surface area contributed by atoms with E-state index in [9.17, 15) is 18.0 Å². The average Bonchev–Trinajstić information content (AvgIpc) is 2.59. The van der Waals surface area contributed by atoms with Gasteiger partial charge in [-0.05, 0) is 30.7 Å². The molecule has 0 fully saturated rings. The number of anilines is 2. The van der Waals surface area contributed by atoms with Crippen LogP contribution in [0.15, 0.2) is 53.3 Å². The minimum absolute atomic E-state index is 0.0259. The molecule has 3 rings (SSSR count). The summed E-state index contributed by atoms with van der Waals surface area (Å²) < 4.78 is 38.2. The minimum atomic E-state index is -4.45. The van der Waals surface area contributed by atoms with Gasteiger partial charge in [-0.2, -0.15) is 13.2 Å². The van der Waals surface area contributed by atoms with Gasteiger partial charge in [0, 0.05) is 12.1 Å². The average molecular weight is 360 g/mol. The highest BCUT2D eigenvalue weighted by molar-refractivity contribution is 5.54. The second kappa shape index (κ2) is 6.99. The molecule has 0 amide bonds. The first-order valence-corrected chi connectivity index (χ1v) is 7.77. The maximum Gasteiger partial charge on any atom is 0.416 e. The van der Waals surface area contributed by atoms with E-state index in [0.717, 1.165) is 23.3 Å². The highest BCUT2D eigenvalue weighted by Crippen LogP contribution is 2.31. The first kappa shape index (κ1) is 17.7. The zero-order chi connectivity index (χ0) is 18.7. The zero-order valence-electron chi connectivity index (χ0n) is 13.8. The predicted molar refractivity (Wildman–Crippen MR) is 91.4 cm³/mol. The number of halogens is 3. The lowest BCUT2D eigenvalue weighted by Crippen LogP contribution is -2.19. The van der Waals surface area contributed by atoms with Crippen LogP contribution in [0.3, 0.4) is 0 Å². The van der Waals surface area contributed by atoms with Crippen LogP contribution in [0.4, 0.5) is 24.8 Å². The maximum atomic E-state index is 12.7. The summed E-state index contributed by atoms with van der Waals surface area (Å²) >= 11 is 0. The van der Waals surface area contributed by atoms with Crippen molar-refractivity contribution in [1.82, 2.24) is 15.2 Å². The van der Waals surface area contributed by atoms with Gasteiger partial charge in [0.05, 0.1) is 5.56 Å². The van der Waals surface area contributed by atoms with Gasteiger partial charge in [0.15, 0.2) is 0 Å². The molecule has 2 aromatic carbocycles. The molecular weight excluding hydrogens is 345 g/mol. The van der Waals surface area contributed by atoms with Crippen molar-refractivity contribution in [2.75, 3.05) is 5.32 Å². The van der Waals surface area contributed by atoms with Crippen LogP contribution in [0.25, 0.3) is 0 Å². The molecular formula is C18H15F3N4O. The number of aromatic amines is 1. The molecule has 1 heterocycles. The van der Waals surface area contributed by atoms with Crippen molar-refractivity contribution >= 4 is 11.6 Å². The molecule has 0 saturated carbocycles. The highest BCUT2D eigenvalue weighted by Gasteiger charge is 2.30. The molecule has 0 radical (unpaired) electrons. The van der Waals surface area contributed by atoms with Crippen LogP contribution in [0.5, 0.6) is 0 Å². The Hall–Kier alpha value is -3.16. The maximum absolute atomic E-state index is 12.7. The number of nitrogens with zero attached hydrogens (tertiary/aromatic N) is 2. The third-order valence-corrected chi connectivity index (χ3v) is 3.71. The standard InChI is InChI=1S/C18H15F3N4O/c1-11-5-7-12(8-6-11)9-15-16(26)23-17(25-24-15)22-14-4-2-3-13(10-14)18(19,20)21/h2-8,10H,9H2,1H3,(H2,22,23,25,26). The summed E-state index contributed by atoms with van der Waals surface area (Å²) in [5.74, 6) is -0.0259. The molecule has 2 N–H and O–H groups in total. The molecule has 0 aliphatic rings. The quantitative estimate of drug-likeness (QED) is 0.742. The molecule has 0 aliphatic heterocycles. The van der Waals surface area contributed by atoms with Crippen LogP contribution in [0.2, 0.25) is 0 Å². The Morgan fingerprint density at radius 3 is 2.46 bits per heavy atom. The van der Waals surface area contributed by atoms with E-state index in [4.69, 9.17) is 0 Å². The summed E-state index contributed by atoms with van der Waals surface area (Å²) in [6.07, 6.45) is -4.14. The van der Waals surface area contributed by atoms with E-state index in [2.05, 4.69) is 20.5 Å². The summed E-state index contributed by atoms with van der Waals surface area (Å²) in [5.41, 5.74) is 1.15. The van der Waals surface area contributed by atoms with Crippen LogP contribution < -0.4 is 10.9 Å². The lowest BCUT2D eigenvalue weighted by Gasteiger charge is -2.10. The van der Waals surface area contributed by atoms with E-state index in [1.807, 2.05) is 31.2 Å². The first-order chi connectivity index (χ1) is 12.3. The lowest BCUT2D eigenvalue weighted by atomic mass is 10.1. The van der Waals surface area contributed by atoms with Crippen LogP contribution in [-0.2, 0) is 12.6 Å². The smallest absolute Gasteiger partial charge is 0.324 e. The summed E-state index contributed by atoms with van der Waals surface area (Å²) in [6.45, 7) is 1.96. The van der Waals surface area contributed by atoms with Gasteiger partial charge in [-0.3, -0.25) is 9.78 Å². The van der Waals surface area contributed by atoms with Gasteiger partial charge in [-0.25, -0.2) is 0 Å². The number of H-pyrrole nitrogens is 1. The fourth-order valence-corrected chi connectivity index (χ4v) is 2.34. The molecule has 0 bridgehead atoms. The van der Waals surface area contributed by atoms with Crippen LogP contribution >= 0.6 is 0 Å². The van der Waals surface area contributed by atoms with Crippen molar-refractivity contribution in [1.29, 1.82) is 0 Å². The molecule has 0 spiro atoms. The third-order valence-electron chi connectivity index (χ3n) is 3.71. The number of nitrogens with one attached hydrogen (secondary N) is 2. The molecule has 0 unspecified atom stereocenters. The summed E-state index contributed by atoms with van der Waals surface area (Å²) in [6, 6.07) is 12.2. The summed E-state index contributed by atoms with van der Waals surface area (Å²) in [5, 5.41) is 10.4. The third kappa shape index (κ3) is 4.27. The fraction of sp³-hybridized carbons (Fsp3) is 0.167. The SMILES string of the molecule is Cc1ccc(Cc2nnc(Nc3cccc(C(F)(F)F)c3)[nH]c2=O)cc1. The van der Waals surface area contributed by atoms with Crippen molar-refractivity contribution in [3.8, 4) is 0 Å². The van der Waals surface area contributed by atoms with E-state index < -0.39 is 17.3 Å². The molecule has 0 aliphatic carbocycles. The number of aromatic nitrogens is 3. The van der Waals surface area contributed by atoms with Crippen LogP contribution in [-0.4, -0.2) is 15.2 Å². The minimum Gasteiger partial charge on any atom is -0.324 e. The number of hydrogen-bond donors (Lipinski definition) is 2. The topological polar surface area (TPSA) is 70.7 Å². The van der Waals surface area contributed by atoms with E-state index >= 15 is 0 Å².